The van der Waals surface area contributed by atoms with E-state index in [9.17, 15) is 0 Å². The molecule has 1 N–H and O–H groups in total. The van der Waals surface area contributed by atoms with Gasteiger partial charge in [-0.25, -0.2) is 9.97 Å². The maximum Gasteiger partial charge on any atom is 0.227 e. The lowest BCUT2D eigenvalue weighted by atomic mass is 10.0. The first kappa shape index (κ1) is 20.3. The van der Waals surface area contributed by atoms with E-state index < -0.39 is 0 Å². The number of fused-ring (bicyclic) bond motifs is 1. The topological polar surface area (TPSA) is 53.5 Å². The molecule has 1 saturated heterocycles. The summed E-state index contributed by atoms with van der Waals surface area (Å²) in [5.74, 6) is 1.42. The summed E-state index contributed by atoms with van der Waals surface area (Å²) in [6.07, 6.45) is 1.87. The number of piperazine rings is 1. The number of hydrogen-bond acceptors (Lipinski definition) is 6. The van der Waals surface area contributed by atoms with Crippen molar-refractivity contribution in [2.45, 2.75) is 0 Å². The van der Waals surface area contributed by atoms with E-state index in [-0.39, 0.29) is 0 Å². The van der Waals surface area contributed by atoms with E-state index >= 15 is 0 Å². The Morgan fingerprint density at radius 2 is 1.72 bits per heavy atom. The van der Waals surface area contributed by atoms with Crippen molar-refractivity contribution >= 4 is 28.2 Å². The molecule has 1 aliphatic rings. The number of likely N-dealkylation sites (N-methyl/N-ethyl adjacent to an activating group) is 1. The standard InChI is InChI=1S/C26H27N5O/c1-30-13-15-31(16-14-30)23-12-11-21(17-24(23)32-2)28-26-27-18-20-9-6-10-22(25(20)29-26)19-7-4-3-5-8-19/h3-12,17-18H,13-16H2,1-2H3,(H,27,28,29). The Hall–Kier alpha value is -3.64. The number of hydrogen-bond donors (Lipinski definition) is 1. The van der Waals surface area contributed by atoms with E-state index in [0.29, 0.717) is 5.95 Å². The molecule has 0 aliphatic carbocycles. The smallest absolute Gasteiger partial charge is 0.227 e. The Balaban J connectivity index is 1.44. The number of nitrogens with zero attached hydrogens (tertiary/aromatic N) is 4. The van der Waals surface area contributed by atoms with Crippen molar-refractivity contribution in [1.82, 2.24) is 14.9 Å². The SMILES string of the molecule is COc1cc(Nc2ncc3cccc(-c4ccccc4)c3n2)ccc1N1CCN(C)CC1. The minimum absolute atomic E-state index is 0.565. The molecular formula is C26H27N5O. The summed E-state index contributed by atoms with van der Waals surface area (Å²) in [5.41, 5.74) is 5.18. The molecule has 1 fully saturated rings. The van der Waals surface area contributed by atoms with Gasteiger partial charge >= 0.3 is 0 Å². The van der Waals surface area contributed by atoms with Crippen LogP contribution in [0.15, 0.2) is 72.9 Å². The Morgan fingerprint density at radius 3 is 2.50 bits per heavy atom. The average Bonchev–Trinajstić information content (AvgIpc) is 2.85. The molecule has 0 radical (unpaired) electrons. The van der Waals surface area contributed by atoms with E-state index in [2.05, 4.69) is 57.5 Å². The second-order valence-electron chi connectivity index (χ2n) is 8.10. The first-order chi connectivity index (χ1) is 15.7. The molecule has 0 spiro atoms. The summed E-state index contributed by atoms with van der Waals surface area (Å²) in [6, 6.07) is 22.7. The van der Waals surface area contributed by atoms with Gasteiger partial charge in [0.25, 0.3) is 0 Å². The molecule has 0 saturated carbocycles. The first-order valence-electron chi connectivity index (χ1n) is 10.9. The monoisotopic (exact) mass is 425 g/mol. The number of anilines is 3. The fourth-order valence-corrected chi connectivity index (χ4v) is 4.16. The molecule has 0 unspecified atom stereocenters. The number of benzene rings is 3. The van der Waals surface area contributed by atoms with Gasteiger partial charge in [0.05, 0.1) is 18.3 Å². The maximum absolute atomic E-state index is 5.71. The number of para-hydroxylation sites is 1. The molecule has 5 rings (SSSR count). The van der Waals surface area contributed by atoms with E-state index in [1.54, 1.807) is 7.11 Å². The zero-order chi connectivity index (χ0) is 21.9. The van der Waals surface area contributed by atoms with Crippen molar-refractivity contribution in [3.63, 3.8) is 0 Å². The number of nitrogens with one attached hydrogen (secondary N) is 1. The Bertz CT molecular complexity index is 1220. The third-order valence-corrected chi connectivity index (χ3v) is 5.98. The zero-order valence-corrected chi connectivity index (χ0v) is 18.5. The highest BCUT2D eigenvalue weighted by atomic mass is 16.5. The van der Waals surface area contributed by atoms with Crippen LogP contribution >= 0.6 is 0 Å². The van der Waals surface area contributed by atoms with E-state index in [1.165, 1.54) is 0 Å². The molecule has 2 heterocycles. The number of aromatic nitrogens is 2. The molecule has 1 aromatic heterocycles. The van der Waals surface area contributed by atoms with Crippen LogP contribution in [-0.4, -0.2) is 55.2 Å². The largest absolute Gasteiger partial charge is 0.495 e. The van der Waals surface area contributed by atoms with Crippen LogP contribution in [0.25, 0.3) is 22.0 Å². The lowest BCUT2D eigenvalue weighted by Gasteiger charge is -2.34. The predicted octanol–water partition coefficient (Wildman–Crippen LogP) is 4.80. The van der Waals surface area contributed by atoms with Gasteiger partial charge in [-0.05, 0) is 24.7 Å². The van der Waals surface area contributed by atoms with Crippen LogP contribution in [0.2, 0.25) is 0 Å². The highest BCUT2D eigenvalue weighted by Gasteiger charge is 2.18. The molecular weight excluding hydrogens is 398 g/mol. The molecule has 6 heteroatoms. The third kappa shape index (κ3) is 4.09. The number of rotatable bonds is 5. The van der Waals surface area contributed by atoms with Crippen molar-refractivity contribution in [3.05, 3.63) is 72.9 Å². The van der Waals surface area contributed by atoms with Crippen molar-refractivity contribution < 1.29 is 4.74 Å². The van der Waals surface area contributed by atoms with Crippen LogP contribution < -0.4 is 15.0 Å². The molecule has 4 aromatic rings. The normalized spacial score (nSPS) is 14.5. The van der Waals surface area contributed by atoms with Gasteiger partial charge in [-0.3, -0.25) is 0 Å². The van der Waals surface area contributed by atoms with Gasteiger partial charge in [-0.2, -0.15) is 0 Å². The van der Waals surface area contributed by atoms with Crippen molar-refractivity contribution in [2.24, 2.45) is 0 Å². The Kier molecular flexibility index (Phi) is 5.60. The minimum Gasteiger partial charge on any atom is -0.495 e. The lowest BCUT2D eigenvalue weighted by Crippen LogP contribution is -2.44. The van der Waals surface area contributed by atoms with Crippen molar-refractivity contribution in [2.75, 3.05) is 50.6 Å². The van der Waals surface area contributed by atoms with E-state index in [1.807, 2.05) is 42.6 Å². The molecule has 1 aliphatic heterocycles. The summed E-state index contributed by atoms with van der Waals surface area (Å²) >= 11 is 0. The quantitative estimate of drug-likeness (QED) is 0.496. The third-order valence-electron chi connectivity index (χ3n) is 5.98. The van der Waals surface area contributed by atoms with Gasteiger partial charge in [-0.1, -0.05) is 48.5 Å². The van der Waals surface area contributed by atoms with Gasteiger partial charge in [0, 0.05) is 55.1 Å². The Labute approximate surface area is 188 Å². The van der Waals surface area contributed by atoms with Gasteiger partial charge in [-0.15, -0.1) is 0 Å². The van der Waals surface area contributed by atoms with Crippen molar-refractivity contribution in [3.8, 4) is 16.9 Å². The van der Waals surface area contributed by atoms with Crippen LogP contribution in [0.5, 0.6) is 5.75 Å². The summed E-state index contributed by atoms with van der Waals surface area (Å²) < 4.78 is 5.71. The van der Waals surface area contributed by atoms with Crippen LogP contribution in [0.1, 0.15) is 0 Å². The van der Waals surface area contributed by atoms with Crippen molar-refractivity contribution in [1.29, 1.82) is 0 Å². The Morgan fingerprint density at radius 1 is 0.906 bits per heavy atom. The summed E-state index contributed by atoms with van der Waals surface area (Å²) in [7, 11) is 3.88. The zero-order valence-electron chi connectivity index (χ0n) is 18.5. The molecule has 0 atom stereocenters. The molecule has 3 aromatic carbocycles. The lowest BCUT2D eigenvalue weighted by molar-refractivity contribution is 0.311. The van der Waals surface area contributed by atoms with Gasteiger partial charge in [0.2, 0.25) is 5.95 Å². The fraction of sp³-hybridized carbons (Fsp3) is 0.231. The van der Waals surface area contributed by atoms with Gasteiger partial charge in [0.15, 0.2) is 0 Å². The molecule has 0 amide bonds. The van der Waals surface area contributed by atoms with E-state index in [0.717, 1.165) is 65.3 Å². The predicted molar refractivity (Wildman–Crippen MR) is 131 cm³/mol. The summed E-state index contributed by atoms with van der Waals surface area (Å²) in [5, 5.41) is 4.37. The highest BCUT2D eigenvalue weighted by Crippen LogP contribution is 2.33. The van der Waals surface area contributed by atoms with Gasteiger partial charge < -0.3 is 19.9 Å². The maximum atomic E-state index is 5.71. The summed E-state index contributed by atoms with van der Waals surface area (Å²) in [4.78, 5) is 14.1. The van der Waals surface area contributed by atoms with Crippen LogP contribution in [0.3, 0.4) is 0 Å². The van der Waals surface area contributed by atoms with E-state index in [4.69, 9.17) is 9.72 Å². The second kappa shape index (κ2) is 8.85. The second-order valence-corrected chi connectivity index (χ2v) is 8.10. The fourth-order valence-electron chi connectivity index (χ4n) is 4.16. The van der Waals surface area contributed by atoms with Crippen LogP contribution in [0.4, 0.5) is 17.3 Å². The van der Waals surface area contributed by atoms with Crippen LogP contribution in [-0.2, 0) is 0 Å². The first-order valence-corrected chi connectivity index (χ1v) is 10.9. The minimum atomic E-state index is 0.565. The number of ether oxygens (including phenoxy) is 1. The average molecular weight is 426 g/mol. The number of methoxy groups -OCH3 is 1. The molecule has 162 valence electrons. The van der Waals surface area contributed by atoms with Gasteiger partial charge in [0.1, 0.15) is 5.75 Å². The summed E-state index contributed by atoms with van der Waals surface area (Å²) in [6.45, 7) is 4.10. The van der Waals surface area contributed by atoms with Crippen LogP contribution in [0, 0.1) is 0 Å². The molecule has 0 bridgehead atoms. The molecule has 6 nitrogen and oxygen atoms in total. The highest BCUT2D eigenvalue weighted by molar-refractivity contribution is 5.93. The molecule has 32 heavy (non-hydrogen) atoms.